The Balaban J connectivity index is 1.79. The fourth-order valence-electron chi connectivity index (χ4n) is 3.84. The van der Waals surface area contributed by atoms with Gasteiger partial charge in [-0.25, -0.2) is 0 Å². The third-order valence-corrected chi connectivity index (χ3v) is 5.55. The summed E-state index contributed by atoms with van der Waals surface area (Å²) in [6.07, 6.45) is 3.29. The van der Waals surface area contributed by atoms with Gasteiger partial charge in [0.2, 0.25) is 0 Å². The number of likely N-dealkylation sites (tertiary alicyclic amines) is 1. The van der Waals surface area contributed by atoms with Crippen LogP contribution < -0.4 is 4.74 Å². The third-order valence-electron chi connectivity index (χ3n) is 5.30. The molecule has 33 heavy (non-hydrogen) atoms. The first-order chi connectivity index (χ1) is 15.8. The van der Waals surface area contributed by atoms with E-state index < -0.39 is 17.7 Å². The maximum Gasteiger partial charge on any atom is 0.295 e. The highest BCUT2D eigenvalue weighted by Crippen LogP contribution is 2.40. The van der Waals surface area contributed by atoms with Gasteiger partial charge in [-0.15, -0.1) is 0 Å². The number of aliphatic hydroxyl groups excluding tert-OH is 1. The highest BCUT2D eigenvalue weighted by atomic mass is 35.5. The lowest BCUT2D eigenvalue weighted by Crippen LogP contribution is -2.29. The van der Waals surface area contributed by atoms with Crippen LogP contribution in [0.15, 0.2) is 78.6 Å². The van der Waals surface area contributed by atoms with Crippen molar-refractivity contribution in [2.45, 2.75) is 32.5 Å². The smallest absolute Gasteiger partial charge is 0.295 e. The van der Waals surface area contributed by atoms with E-state index in [4.69, 9.17) is 16.3 Å². The van der Waals surface area contributed by atoms with Gasteiger partial charge in [0, 0.05) is 29.5 Å². The summed E-state index contributed by atoms with van der Waals surface area (Å²) in [7, 11) is 0. The minimum atomic E-state index is -0.769. The number of ether oxygens (including phenoxy) is 1. The second kappa shape index (κ2) is 9.46. The highest BCUT2D eigenvalue weighted by molar-refractivity contribution is 6.46. The Kier molecular flexibility index (Phi) is 6.47. The van der Waals surface area contributed by atoms with E-state index in [1.807, 2.05) is 19.9 Å². The molecule has 1 N–H and O–H groups in total. The number of ketones is 1. The average Bonchev–Trinajstić information content (AvgIpc) is 3.05. The van der Waals surface area contributed by atoms with Crippen LogP contribution in [0, 0.1) is 0 Å². The molecule has 4 rings (SSSR count). The Hall–Kier alpha value is -3.64. The quantitative estimate of drug-likeness (QED) is 0.311. The van der Waals surface area contributed by atoms with Crippen LogP contribution in [0.4, 0.5) is 0 Å². The minimum absolute atomic E-state index is 0.00662. The zero-order valence-corrected chi connectivity index (χ0v) is 19.0. The van der Waals surface area contributed by atoms with Gasteiger partial charge in [0.1, 0.15) is 11.5 Å². The maximum atomic E-state index is 13.1. The molecule has 1 atom stereocenters. The van der Waals surface area contributed by atoms with Crippen molar-refractivity contribution in [1.29, 1.82) is 0 Å². The Morgan fingerprint density at radius 2 is 1.79 bits per heavy atom. The number of rotatable bonds is 6. The second-order valence-electron chi connectivity index (χ2n) is 8.03. The lowest BCUT2D eigenvalue weighted by Gasteiger charge is -2.25. The van der Waals surface area contributed by atoms with Crippen LogP contribution in [0.3, 0.4) is 0 Å². The number of pyridine rings is 1. The number of aromatic nitrogens is 1. The Bertz CT molecular complexity index is 1190. The molecule has 0 spiro atoms. The summed E-state index contributed by atoms with van der Waals surface area (Å²) >= 11 is 6.06. The van der Waals surface area contributed by atoms with Crippen LogP contribution in [0.5, 0.6) is 5.75 Å². The monoisotopic (exact) mass is 462 g/mol. The molecule has 6 nitrogen and oxygen atoms in total. The summed E-state index contributed by atoms with van der Waals surface area (Å²) in [6, 6.07) is 16.5. The molecule has 0 aliphatic carbocycles. The van der Waals surface area contributed by atoms with Crippen molar-refractivity contribution in [3.63, 3.8) is 0 Å². The van der Waals surface area contributed by atoms with Gasteiger partial charge in [-0.1, -0.05) is 29.8 Å². The standard InChI is InChI=1S/C26H23ClN2O4/c1-16(2)33-21-11-7-19(8-12-21)24(30)22-23(18-5-9-20(27)10-6-18)29(26(32)25(22)31)15-17-4-3-13-28-14-17/h3-14,16,23,30H,15H2,1-2H3/b24-22+/t23-/m0/s1. The van der Waals surface area contributed by atoms with Gasteiger partial charge in [-0.2, -0.15) is 0 Å². The minimum Gasteiger partial charge on any atom is -0.507 e. The predicted octanol–water partition coefficient (Wildman–Crippen LogP) is 5.14. The molecule has 0 bridgehead atoms. The molecular weight excluding hydrogens is 440 g/mol. The molecule has 7 heteroatoms. The summed E-state index contributed by atoms with van der Waals surface area (Å²) in [5, 5.41) is 11.7. The lowest BCUT2D eigenvalue weighted by atomic mass is 9.95. The van der Waals surface area contributed by atoms with E-state index in [0.717, 1.165) is 5.56 Å². The van der Waals surface area contributed by atoms with E-state index in [0.29, 0.717) is 21.9 Å². The van der Waals surface area contributed by atoms with E-state index in [2.05, 4.69) is 4.98 Å². The first-order valence-electron chi connectivity index (χ1n) is 10.5. The predicted molar refractivity (Wildman–Crippen MR) is 126 cm³/mol. The van der Waals surface area contributed by atoms with E-state index in [1.54, 1.807) is 67.0 Å². The van der Waals surface area contributed by atoms with Crippen LogP contribution in [-0.4, -0.2) is 32.8 Å². The van der Waals surface area contributed by atoms with E-state index in [-0.39, 0.29) is 24.0 Å². The second-order valence-corrected chi connectivity index (χ2v) is 8.47. The number of benzene rings is 2. The zero-order valence-electron chi connectivity index (χ0n) is 18.2. The summed E-state index contributed by atoms with van der Waals surface area (Å²) in [4.78, 5) is 31.7. The lowest BCUT2D eigenvalue weighted by molar-refractivity contribution is -0.140. The SMILES string of the molecule is CC(C)Oc1ccc(/C(O)=C2\C(=O)C(=O)N(Cc3cccnc3)[C@H]2c2ccc(Cl)cc2)cc1. The molecule has 0 saturated carbocycles. The number of Topliss-reactive ketones (excluding diaryl/α,β-unsaturated/α-hetero) is 1. The molecule has 1 aromatic heterocycles. The molecule has 0 radical (unpaired) electrons. The van der Waals surface area contributed by atoms with Gasteiger partial charge in [0.05, 0.1) is 17.7 Å². The van der Waals surface area contributed by atoms with Crippen molar-refractivity contribution in [3.05, 3.63) is 100 Å². The average molecular weight is 463 g/mol. The molecule has 1 aliphatic heterocycles. The third kappa shape index (κ3) is 4.76. The molecule has 1 fully saturated rings. The number of hydrogen-bond donors (Lipinski definition) is 1. The molecule has 1 aliphatic rings. The topological polar surface area (TPSA) is 79.7 Å². The Morgan fingerprint density at radius 1 is 1.09 bits per heavy atom. The van der Waals surface area contributed by atoms with Crippen LogP contribution in [0.1, 0.15) is 36.6 Å². The van der Waals surface area contributed by atoms with Crippen molar-refractivity contribution >= 4 is 29.1 Å². The van der Waals surface area contributed by atoms with Crippen LogP contribution in [0.25, 0.3) is 5.76 Å². The van der Waals surface area contributed by atoms with Crippen molar-refractivity contribution in [3.8, 4) is 5.75 Å². The molecular formula is C26H23ClN2O4. The largest absolute Gasteiger partial charge is 0.507 e. The van der Waals surface area contributed by atoms with E-state index in [1.165, 1.54) is 4.90 Å². The number of halogens is 1. The normalized spacial score (nSPS) is 17.6. The molecule has 3 aromatic rings. The van der Waals surface area contributed by atoms with Crippen LogP contribution in [-0.2, 0) is 16.1 Å². The van der Waals surface area contributed by atoms with E-state index in [9.17, 15) is 14.7 Å². The number of carbonyl (C=O) groups excluding carboxylic acids is 2. The van der Waals surface area contributed by atoms with Crippen molar-refractivity contribution < 1.29 is 19.4 Å². The van der Waals surface area contributed by atoms with Gasteiger partial charge >= 0.3 is 0 Å². The number of carbonyl (C=O) groups is 2. The first kappa shape index (κ1) is 22.6. The summed E-state index contributed by atoms with van der Waals surface area (Å²) < 4.78 is 5.65. The van der Waals surface area contributed by atoms with Gasteiger partial charge in [-0.05, 0) is 67.4 Å². The van der Waals surface area contributed by atoms with Crippen LogP contribution >= 0.6 is 11.6 Å². The van der Waals surface area contributed by atoms with Gasteiger partial charge in [0.25, 0.3) is 11.7 Å². The van der Waals surface area contributed by atoms with Gasteiger partial charge < -0.3 is 14.7 Å². The van der Waals surface area contributed by atoms with Crippen molar-refractivity contribution in [2.75, 3.05) is 0 Å². The molecule has 168 valence electrons. The molecule has 1 saturated heterocycles. The zero-order chi connectivity index (χ0) is 23.5. The number of nitrogens with zero attached hydrogens (tertiary/aromatic N) is 2. The molecule has 2 aromatic carbocycles. The first-order valence-corrected chi connectivity index (χ1v) is 10.9. The van der Waals surface area contributed by atoms with Gasteiger partial charge in [0.15, 0.2) is 0 Å². The Morgan fingerprint density at radius 3 is 2.39 bits per heavy atom. The summed E-state index contributed by atoms with van der Waals surface area (Å²) in [5.74, 6) is -1.01. The van der Waals surface area contributed by atoms with E-state index >= 15 is 0 Å². The fraction of sp³-hybridized carbons (Fsp3) is 0.192. The van der Waals surface area contributed by atoms with Crippen molar-refractivity contribution in [2.24, 2.45) is 0 Å². The summed E-state index contributed by atoms with van der Waals surface area (Å²) in [6.45, 7) is 4.01. The fourth-order valence-corrected chi connectivity index (χ4v) is 3.97. The highest BCUT2D eigenvalue weighted by Gasteiger charge is 2.46. The molecule has 0 unspecified atom stereocenters. The van der Waals surface area contributed by atoms with Crippen LogP contribution in [0.2, 0.25) is 5.02 Å². The Labute approximate surface area is 197 Å². The molecule has 1 amide bonds. The van der Waals surface area contributed by atoms with Gasteiger partial charge in [-0.3, -0.25) is 14.6 Å². The number of hydrogen-bond acceptors (Lipinski definition) is 5. The number of amides is 1. The summed E-state index contributed by atoms with van der Waals surface area (Å²) in [5.41, 5.74) is 1.89. The van der Waals surface area contributed by atoms with Crippen molar-refractivity contribution in [1.82, 2.24) is 9.88 Å². The maximum absolute atomic E-state index is 13.1. The molecule has 2 heterocycles. The number of aliphatic hydroxyl groups is 1.